The fourth-order valence-electron chi connectivity index (χ4n) is 0.295. The first-order valence-corrected chi connectivity index (χ1v) is 2.47. The summed E-state index contributed by atoms with van der Waals surface area (Å²) >= 11 is 0. The Balaban J connectivity index is 2.07. The van der Waals surface area contributed by atoms with Gasteiger partial charge in [-0.15, -0.1) is 5.06 Å². The number of carbonyl (C=O) groups excluding carboxylic acids is 1. The Hall–Kier alpha value is -0.770. The van der Waals surface area contributed by atoms with Crippen molar-refractivity contribution in [3.05, 3.63) is 0 Å². The lowest BCUT2D eigenvalue weighted by atomic mass is 11.0. The van der Waals surface area contributed by atoms with E-state index in [2.05, 4.69) is 10.2 Å². The Morgan fingerprint density at radius 1 is 1.75 bits per heavy atom. The maximum atomic E-state index is 10.3. The molecule has 1 aliphatic heterocycles. The van der Waals surface area contributed by atoms with E-state index in [0.29, 0.717) is 0 Å². The van der Waals surface area contributed by atoms with Crippen molar-refractivity contribution in [1.29, 1.82) is 0 Å². The van der Waals surface area contributed by atoms with Crippen molar-refractivity contribution in [2.75, 3.05) is 20.1 Å². The molecule has 0 radical (unpaired) electrons. The highest BCUT2D eigenvalue weighted by Gasteiger charge is 2.21. The van der Waals surface area contributed by atoms with Gasteiger partial charge in [-0.2, -0.15) is 0 Å². The third-order valence-electron chi connectivity index (χ3n) is 0.822. The van der Waals surface area contributed by atoms with Crippen LogP contribution >= 0.6 is 0 Å². The number of hydroxylamine groups is 2. The molecular weight excluding hydrogens is 108 g/mol. The monoisotopic (exact) mass is 116 g/mol. The second-order valence-corrected chi connectivity index (χ2v) is 1.56. The number of amides is 1. The molecule has 8 heavy (non-hydrogen) atoms. The van der Waals surface area contributed by atoms with Gasteiger partial charge in [0.2, 0.25) is 0 Å². The van der Waals surface area contributed by atoms with E-state index in [1.54, 1.807) is 5.06 Å². The minimum Gasteiger partial charge on any atom is -0.351 e. The predicted molar refractivity (Wildman–Crippen MR) is 27.1 cm³/mol. The van der Waals surface area contributed by atoms with Gasteiger partial charge in [0.1, 0.15) is 0 Å². The van der Waals surface area contributed by atoms with Gasteiger partial charge >= 0.3 is 6.09 Å². The molecule has 0 spiro atoms. The molecule has 0 aromatic rings. The lowest BCUT2D eigenvalue weighted by molar-refractivity contribution is 0.00276. The lowest BCUT2D eigenvalue weighted by Crippen LogP contribution is -2.21. The number of nitrogens with zero attached hydrogens (tertiary/aromatic N) is 1. The van der Waals surface area contributed by atoms with E-state index in [-0.39, 0.29) is 6.09 Å². The Morgan fingerprint density at radius 2 is 2.38 bits per heavy atom. The maximum Gasteiger partial charge on any atom is 0.426 e. The lowest BCUT2D eigenvalue weighted by Gasteiger charge is -1.98. The van der Waals surface area contributed by atoms with Gasteiger partial charge in [0.05, 0.1) is 13.1 Å². The van der Waals surface area contributed by atoms with Crippen LogP contribution in [0.15, 0.2) is 0 Å². The average molecular weight is 116 g/mol. The molecule has 1 aliphatic rings. The molecule has 4 nitrogen and oxygen atoms in total. The summed E-state index contributed by atoms with van der Waals surface area (Å²) in [5, 5.41) is 3.90. The maximum absolute atomic E-state index is 10.3. The van der Waals surface area contributed by atoms with Crippen LogP contribution in [0.25, 0.3) is 0 Å². The van der Waals surface area contributed by atoms with Crippen molar-refractivity contribution in [3.8, 4) is 0 Å². The molecule has 0 atom stereocenters. The molecule has 4 heteroatoms. The molecule has 0 unspecified atom stereocenters. The first kappa shape index (κ1) is 5.37. The highest BCUT2D eigenvalue weighted by atomic mass is 16.7. The number of rotatable bonds is 1. The van der Waals surface area contributed by atoms with Crippen LogP contribution in [0.2, 0.25) is 0 Å². The molecule has 1 saturated heterocycles. The fourth-order valence-corrected chi connectivity index (χ4v) is 0.295. The predicted octanol–water partition coefficient (Wildman–Crippen LogP) is -0.427. The topological polar surface area (TPSA) is 41.3 Å². The first-order chi connectivity index (χ1) is 3.83. The van der Waals surface area contributed by atoms with Crippen LogP contribution < -0.4 is 5.32 Å². The summed E-state index contributed by atoms with van der Waals surface area (Å²) in [6.45, 7) is 1.74. The molecular formula is C4H8N2O2. The average Bonchev–Trinajstić information content (AvgIpc) is 2.50. The fraction of sp³-hybridized carbons (Fsp3) is 0.750. The molecule has 0 bridgehead atoms. The van der Waals surface area contributed by atoms with Gasteiger partial charge in [0.25, 0.3) is 0 Å². The van der Waals surface area contributed by atoms with Crippen LogP contribution in [0.1, 0.15) is 0 Å². The van der Waals surface area contributed by atoms with Crippen LogP contribution in [0, 0.1) is 0 Å². The van der Waals surface area contributed by atoms with Crippen molar-refractivity contribution in [3.63, 3.8) is 0 Å². The highest BCUT2D eigenvalue weighted by Crippen LogP contribution is 2.02. The standard InChI is InChI=1S/C4H8N2O2/c1-5-4(7)8-6-2-3-6/h2-3H2,1H3,(H,5,7). The van der Waals surface area contributed by atoms with Crippen molar-refractivity contribution in [2.24, 2.45) is 0 Å². The summed E-state index contributed by atoms with van der Waals surface area (Å²) in [6, 6.07) is 0. The number of nitrogens with one attached hydrogen (secondary N) is 1. The molecule has 1 heterocycles. The van der Waals surface area contributed by atoms with Crippen molar-refractivity contribution in [2.45, 2.75) is 0 Å². The van der Waals surface area contributed by atoms with E-state index < -0.39 is 0 Å². The SMILES string of the molecule is CNC(=O)ON1CC1. The zero-order chi connectivity index (χ0) is 5.98. The zero-order valence-electron chi connectivity index (χ0n) is 4.68. The summed E-state index contributed by atoms with van der Waals surface area (Å²) < 4.78 is 0. The van der Waals surface area contributed by atoms with Gasteiger partial charge in [-0.25, -0.2) is 4.79 Å². The van der Waals surface area contributed by atoms with Crippen molar-refractivity contribution in [1.82, 2.24) is 10.4 Å². The van der Waals surface area contributed by atoms with Crippen LogP contribution in [-0.2, 0) is 4.84 Å². The van der Waals surface area contributed by atoms with Gasteiger partial charge in [-0.1, -0.05) is 0 Å². The molecule has 0 aliphatic carbocycles. The third-order valence-corrected chi connectivity index (χ3v) is 0.822. The second-order valence-electron chi connectivity index (χ2n) is 1.56. The van der Waals surface area contributed by atoms with Gasteiger partial charge in [0.15, 0.2) is 0 Å². The van der Waals surface area contributed by atoms with E-state index in [1.165, 1.54) is 7.05 Å². The molecule has 46 valence electrons. The normalized spacial score (nSPS) is 17.6. The van der Waals surface area contributed by atoms with E-state index in [0.717, 1.165) is 13.1 Å². The van der Waals surface area contributed by atoms with E-state index in [4.69, 9.17) is 0 Å². The Kier molecular flexibility index (Phi) is 1.34. The summed E-state index contributed by atoms with van der Waals surface area (Å²) in [5.41, 5.74) is 0. The van der Waals surface area contributed by atoms with Gasteiger partial charge < -0.3 is 10.2 Å². The summed E-state index contributed by atoms with van der Waals surface area (Å²) in [5.74, 6) is 0. The largest absolute Gasteiger partial charge is 0.426 e. The summed E-state index contributed by atoms with van der Waals surface area (Å²) in [6.07, 6.45) is -0.387. The second kappa shape index (κ2) is 2.00. The molecule has 1 amide bonds. The van der Waals surface area contributed by atoms with Crippen LogP contribution in [0.3, 0.4) is 0 Å². The zero-order valence-corrected chi connectivity index (χ0v) is 4.68. The van der Waals surface area contributed by atoms with E-state index in [9.17, 15) is 4.79 Å². The van der Waals surface area contributed by atoms with Crippen LogP contribution in [-0.4, -0.2) is 31.3 Å². The van der Waals surface area contributed by atoms with Crippen molar-refractivity contribution < 1.29 is 9.63 Å². The van der Waals surface area contributed by atoms with Gasteiger partial charge in [-0.05, 0) is 0 Å². The summed E-state index contributed by atoms with van der Waals surface area (Å²) in [7, 11) is 1.53. The van der Waals surface area contributed by atoms with Crippen LogP contribution in [0.5, 0.6) is 0 Å². The molecule has 1 rings (SSSR count). The van der Waals surface area contributed by atoms with Gasteiger partial charge in [-0.3, -0.25) is 0 Å². The third kappa shape index (κ3) is 1.38. The highest BCUT2D eigenvalue weighted by molar-refractivity contribution is 5.66. The number of hydrogen-bond acceptors (Lipinski definition) is 3. The Morgan fingerprint density at radius 3 is 2.75 bits per heavy atom. The minimum absolute atomic E-state index is 0.387. The van der Waals surface area contributed by atoms with Gasteiger partial charge in [0, 0.05) is 7.05 Å². The van der Waals surface area contributed by atoms with Crippen LogP contribution in [0.4, 0.5) is 4.79 Å². The van der Waals surface area contributed by atoms with Crippen molar-refractivity contribution >= 4 is 6.09 Å². The quantitative estimate of drug-likeness (QED) is 0.473. The first-order valence-electron chi connectivity index (χ1n) is 2.47. The molecule has 0 aromatic carbocycles. The Labute approximate surface area is 47.4 Å². The smallest absolute Gasteiger partial charge is 0.351 e. The molecule has 0 aromatic heterocycles. The summed E-state index contributed by atoms with van der Waals surface area (Å²) in [4.78, 5) is 14.9. The number of hydrogen-bond donors (Lipinski definition) is 1. The molecule has 0 saturated carbocycles. The minimum atomic E-state index is -0.387. The van der Waals surface area contributed by atoms with E-state index in [1.807, 2.05) is 0 Å². The Bertz CT molecular complexity index is 100. The molecule has 1 N–H and O–H groups in total. The number of carbonyl (C=O) groups is 1. The van der Waals surface area contributed by atoms with E-state index >= 15 is 0 Å². The molecule has 1 fully saturated rings.